The Morgan fingerprint density at radius 1 is 1.31 bits per heavy atom. The molecule has 1 atom stereocenters. The van der Waals surface area contributed by atoms with Gasteiger partial charge in [0, 0.05) is 10.5 Å². The molecule has 0 aliphatic carbocycles. The highest BCUT2D eigenvalue weighted by Crippen LogP contribution is 2.18. The maximum absolute atomic E-state index is 13.5. The summed E-state index contributed by atoms with van der Waals surface area (Å²) in [4.78, 5) is 0. The molecule has 3 heteroatoms. The van der Waals surface area contributed by atoms with Crippen LogP contribution in [0.2, 0.25) is 0 Å². The van der Waals surface area contributed by atoms with Gasteiger partial charge in [-0.05, 0) is 48.9 Å². The molecular formula is C13H19BrFN. The summed E-state index contributed by atoms with van der Waals surface area (Å²) in [5.74, 6) is 0.488. The van der Waals surface area contributed by atoms with Crippen LogP contribution in [0.4, 0.5) is 4.39 Å². The lowest BCUT2D eigenvalue weighted by Crippen LogP contribution is -2.23. The van der Waals surface area contributed by atoms with Gasteiger partial charge >= 0.3 is 0 Å². The molecule has 0 saturated heterocycles. The van der Waals surface area contributed by atoms with E-state index in [9.17, 15) is 4.39 Å². The monoisotopic (exact) mass is 287 g/mol. The van der Waals surface area contributed by atoms with Crippen LogP contribution < -0.4 is 5.73 Å². The number of halogens is 2. The second-order valence-electron chi connectivity index (χ2n) is 4.67. The van der Waals surface area contributed by atoms with Crippen molar-refractivity contribution in [3.8, 4) is 0 Å². The van der Waals surface area contributed by atoms with E-state index in [0.717, 1.165) is 17.3 Å². The molecule has 16 heavy (non-hydrogen) atoms. The molecule has 1 aromatic rings. The summed E-state index contributed by atoms with van der Waals surface area (Å²) in [7, 11) is 0. The molecule has 0 spiro atoms. The zero-order valence-electron chi connectivity index (χ0n) is 9.84. The van der Waals surface area contributed by atoms with E-state index in [1.165, 1.54) is 6.07 Å². The lowest BCUT2D eigenvalue weighted by Gasteiger charge is -2.13. The fourth-order valence-electron chi connectivity index (χ4n) is 1.63. The molecule has 0 radical (unpaired) electrons. The van der Waals surface area contributed by atoms with Gasteiger partial charge in [0.25, 0.3) is 0 Å². The third-order valence-electron chi connectivity index (χ3n) is 2.60. The van der Waals surface area contributed by atoms with E-state index < -0.39 is 0 Å². The Morgan fingerprint density at radius 2 is 2.00 bits per heavy atom. The predicted molar refractivity (Wildman–Crippen MR) is 69.9 cm³/mol. The average molecular weight is 288 g/mol. The molecule has 0 aromatic heterocycles. The lowest BCUT2D eigenvalue weighted by molar-refractivity contribution is 0.488. The minimum atomic E-state index is -0.164. The van der Waals surface area contributed by atoms with Crippen molar-refractivity contribution < 1.29 is 4.39 Å². The van der Waals surface area contributed by atoms with Crippen molar-refractivity contribution >= 4 is 15.9 Å². The molecule has 0 heterocycles. The first-order chi connectivity index (χ1) is 7.49. The SMILES string of the molecule is CC(C)CCC(N)Cc1cc(Br)ccc1F. The van der Waals surface area contributed by atoms with Gasteiger partial charge in [-0.2, -0.15) is 0 Å². The Balaban J connectivity index is 2.55. The van der Waals surface area contributed by atoms with Crippen LogP contribution >= 0.6 is 15.9 Å². The Bertz CT molecular complexity index is 339. The third kappa shape index (κ3) is 4.62. The predicted octanol–water partition coefficient (Wildman–Crippen LogP) is 3.89. The number of hydrogen-bond acceptors (Lipinski definition) is 1. The van der Waals surface area contributed by atoms with Crippen LogP contribution in [0.3, 0.4) is 0 Å². The summed E-state index contributed by atoms with van der Waals surface area (Å²) >= 11 is 3.34. The Labute approximate surface area is 105 Å². The quantitative estimate of drug-likeness (QED) is 0.874. The molecule has 0 amide bonds. The molecule has 2 N–H and O–H groups in total. The molecule has 0 bridgehead atoms. The van der Waals surface area contributed by atoms with Crippen LogP contribution in [-0.2, 0) is 6.42 Å². The van der Waals surface area contributed by atoms with E-state index in [-0.39, 0.29) is 11.9 Å². The summed E-state index contributed by atoms with van der Waals surface area (Å²) in [6.45, 7) is 4.35. The van der Waals surface area contributed by atoms with Gasteiger partial charge in [-0.15, -0.1) is 0 Å². The van der Waals surface area contributed by atoms with E-state index in [1.54, 1.807) is 6.07 Å². The average Bonchev–Trinajstić information content (AvgIpc) is 2.20. The first-order valence-corrected chi connectivity index (χ1v) is 6.48. The van der Waals surface area contributed by atoms with Crippen molar-refractivity contribution in [3.63, 3.8) is 0 Å². The van der Waals surface area contributed by atoms with Crippen molar-refractivity contribution in [1.82, 2.24) is 0 Å². The van der Waals surface area contributed by atoms with Crippen LogP contribution in [0.15, 0.2) is 22.7 Å². The van der Waals surface area contributed by atoms with Crippen LogP contribution in [0, 0.1) is 11.7 Å². The Morgan fingerprint density at radius 3 is 2.62 bits per heavy atom. The van der Waals surface area contributed by atoms with Crippen LogP contribution in [0.5, 0.6) is 0 Å². The van der Waals surface area contributed by atoms with Gasteiger partial charge in [0.05, 0.1) is 0 Å². The van der Waals surface area contributed by atoms with Crippen molar-refractivity contribution in [2.45, 2.75) is 39.2 Å². The standard InChI is InChI=1S/C13H19BrFN/c1-9(2)3-5-12(16)8-10-7-11(14)4-6-13(10)15/h4,6-7,9,12H,3,5,8,16H2,1-2H3. The zero-order valence-corrected chi connectivity index (χ0v) is 11.4. The minimum absolute atomic E-state index is 0.0474. The van der Waals surface area contributed by atoms with Gasteiger partial charge in [-0.3, -0.25) is 0 Å². The highest BCUT2D eigenvalue weighted by Gasteiger charge is 2.09. The van der Waals surface area contributed by atoms with Crippen molar-refractivity contribution in [2.24, 2.45) is 11.7 Å². The largest absolute Gasteiger partial charge is 0.327 e. The molecule has 0 saturated carbocycles. The second kappa shape index (κ2) is 6.36. The first-order valence-electron chi connectivity index (χ1n) is 5.68. The van der Waals surface area contributed by atoms with Gasteiger partial charge in [-0.1, -0.05) is 29.8 Å². The highest BCUT2D eigenvalue weighted by atomic mass is 79.9. The molecule has 0 aliphatic heterocycles. The van der Waals surface area contributed by atoms with Gasteiger partial charge in [-0.25, -0.2) is 4.39 Å². The van der Waals surface area contributed by atoms with E-state index >= 15 is 0 Å². The van der Waals surface area contributed by atoms with E-state index in [1.807, 2.05) is 6.07 Å². The summed E-state index contributed by atoms with van der Waals surface area (Å²) in [5, 5.41) is 0. The Kier molecular flexibility index (Phi) is 5.42. The molecule has 1 unspecified atom stereocenters. The second-order valence-corrected chi connectivity index (χ2v) is 5.59. The fraction of sp³-hybridized carbons (Fsp3) is 0.538. The fourth-order valence-corrected chi connectivity index (χ4v) is 2.04. The van der Waals surface area contributed by atoms with Gasteiger partial charge in [0.2, 0.25) is 0 Å². The number of benzene rings is 1. The summed E-state index contributed by atoms with van der Waals surface area (Å²) < 4.78 is 14.4. The van der Waals surface area contributed by atoms with E-state index in [0.29, 0.717) is 17.9 Å². The lowest BCUT2D eigenvalue weighted by atomic mass is 9.98. The zero-order chi connectivity index (χ0) is 12.1. The summed E-state index contributed by atoms with van der Waals surface area (Å²) in [6.07, 6.45) is 2.65. The summed E-state index contributed by atoms with van der Waals surface area (Å²) in [5.41, 5.74) is 6.69. The smallest absolute Gasteiger partial charge is 0.126 e. The van der Waals surface area contributed by atoms with Crippen LogP contribution in [0.1, 0.15) is 32.3 Å². The van der Waals surface area contributed by atoms with Crippen LogP contribution in [-0.4, -0.2) is 6.04 Å². The van der Waals surface area contributed by atoms with E-state index in [4.69, 9.17) is 5.73 Å². The van der Waals surface area contributed by atoms with Crippen molar-refractivity contribution in [2.75, 3.05) is 0 Å². The molecular weight excluding hydrogens is 269 g/mol. The van der Waals surface area contributed by atoms with Crippen LogP contribution in [0.25, 0.3) is 0 Å². The molecule has 0 aliphatic rings. The third-order valence-corrected chi connectivity index (χ3v) is 3.10. The number of rotatable bonds is 5. The van der Waals surface area contributed by atoms with Gasteiger partial charge in [0.15, 0.2) is 0 Å². The van der Waals surface area contributed by atoms with Gasteiger partial charge in [0.1, 0.15) is 5.82 Å². The maximum Gasteiger partial charge on any atom is 0.126 e. The number of hydrogen-bond donors (Lipinski definition) is 1. The van der Waals surface area contributed by atoms with Gasteiger partial charge < -0.3 is 5.73 Å². The highest BCUT2D eigenvalue weighted by molar-refractivity contribution is 9.10. The topological polar surface area (TPSA) is 26.0 Å². The summed E-state index contributed by atoms with van der Waals surface area (Å²) in [6, 6.07) is 5.05. The maximum atomic E-state index is 13.5. The first kappa shape index (κ1) is 13.7. The molecule has 1 nitrogen and oxygen atoms in total. The Hall–Kier alpha value is -0.410. The minimum Gasteiger partial charge on any atom is -0.327 e. The van der Waals surface area contributed by atoms with E-state index in [2.05, 4.69) is 29.8 Å². The molecule has 1 rings (SSSR count). The number of nitrogens with two attached hydrogens (primary N) is 1. The van der Waals surface area contributed by atoms with Crippen molar-refractivity contribution in [3.05, 3.63) is 34.1 Å². The molecule has 0 fully saturated rings. The molecule has 90 valence electrons. The normalized spacial score (nSPS) is 13.1. The molecule has 1 aromatic carbocycles. The van der Waals surface area contributed by atoms with Crippen molar-refractivity contribution in [1.29, 1.82) is 0 Å².